The summed E-state index contributed by atoms with van der Waals surface area (Å²) in [5.74, 6) is 0.346. The Morgan fingerprint density at radius 2 is 1.95 bits per heavy atom. The molecular weight excluding hydrogens is 260 g/mol. The molecule has 0 bridgehead atoms. The molecule has 1 heterocycles. The molecule has 1 saturated heterocycles. The van der Waals surface area contributed by atoms with Gasteiger partial charge in [0.25, 0.3) is 0 Å². The summed E-state index contributed by atoms with van der Waals surface area (Å²) in [6.45, 7) is 9.09. The molecule has 0 saturated carbocycles. The van der Waals surface area contributed by atoms with Crippen molar-refractivity contribution in [1.29, 1.82) is 0 Å². The molecule has 2 unspecified atom stereocenters. The second-order valence-electron chi connectivity index (χ2n) is 6.45. The molecule has 0 amide bonds. The zero-order chi connectivity index (χ0) is 15.2. The zero-order valence-electron chi connectivity index (χ0n) is 13.7. The fourth-order valence-corrected chi connectivity index (χ4v) is 3.39. The maximum absolute atomic E-state index is 9.50. The number of phenolic OH excluding ortho intramolecular Hbond substituents is 1. The van der Waals surface area contributed by atoms with Gasteiger partial charge in [-0.05, 0) is 57.4 Å². The lowest BCUT2D eigenvalue weighted by atomic mass is 9.98. The van der Waals surface area contributed by atoms with Crippen LogP contribution in [0, 0.1) is 0 Å². The molecule has 1 aliphatic heterocycles. The third kappa shape index (κ3) is 4.45. The summed E-state index contributed by atoms with van der Waals surface area (Å²) in [6, 6.07) is 9.29. The Balaban J connectivity index is 2.11. The number of hydrogen-bond donors (Lipinski definition) is 2. The number of hydrogen-bond acceptors (Lipinski definition) is 3. The van der Waals surface area contributed by atoms with Gasteiger partial charge < -0.3 is 10.4 Å². The average Bonchev–Trinajstić information content (AvgIpc) is 2.49. The monoisotopic (exact) mass is 290 g/mol. The summed E-state index contributed by atoms with van der Waals surface area (Å²) in [5, 5.41) is 13.2. The van der Waals surface area contributed by atoms with Gasteiger partial charge >= 0.3 is 0 Å². The van der Waals surface area contributed by atoms with E-state index in [9.17, 15) is 5.11 Å². The second kappa shape index (κ2) is 7.81. The van der Waals surface area contributed by atoms with E-state index in [1.807, 2.05) is 0 Å². The minimum absolute atomic E-state index is 0.346. The zero-order valence-corrected chi connectivity index (χ0v) is 13.7. The first-order valence-electron chi connectivity index (χ1n) is 8.40. The molecule has 1 aromatic rings. The highest BCUT2D eigenvalue weighted by molar-refractivity contribution is 5.28. The van der Waals surface area contributed by atoms with Gasteiger partial charge in [-0.1, -0.05) is 25.5 Å². The minimum Gasteiger partial charge on any atom is -0.508 e. The van der Waals surface area contributed by atoms with Gasteiger partial charge in [-0.25, -0.2) is 0 Å². The number of rotatable bonds is 6. The van der Waals surface area contributed by atoms with Crippen molar-refractivity contribution in [3.05, 3.63) is 29.8 Å². The first-order chi connectivity index (χ1) is 10.1. The average molecular weight is 290 g/mol. The number of piperidine rings is 1. The van der Waals surface area contributed by atoms with Gasteiger partial charge in [0.1, 0.15) is 5.75 Å². The smallest absolute Gasteiger partial charge is 0.115 e. The number of nitrogens with zero attached hydrogens (tertiary/aromatic N) is 1. The van der Waals surface area contributed by atoms with E-state index in [1.54, 1.807) is 12.1 Å². The Kier molecular flexibility index (Phi) is 6.07. The van der Waals surface area contributed by atoms with Crippen molar-refractivity contribution in [2.45, 2.75) is 64.6 Å². The van der Waals surface area contributed by atoms with Crippen molar-refractivity contribution in [2.24, 2.45) is 0 Å². The van der Waals surface area contributed by atoms with Gasteiger partial charge in [0.15, 0.2) is 0 Å². The van der Waals surface area contributed by atoms with Crippen LogP contribution >= 0.6 is 0 Å². The fourth-order valence-electron chi connectivity index (χ4n) is 3.39. The second-order valence-corrected chi connectivity index (χ2v) is 6.45. The van der Waals surface area contributed by atoms with Gasteiger partial charge in [0.05, 0.1) is 0 Å². The Labute approximate surface area is 129 Å². The quantitative estimate of drug-likeness (QED) is 0.838. The van der Waals surface area contributed by atoms with Crippen molar-refractivity contribution in [3.8, 4) is 5.75 Å². The van der Waals surface area contributed by atoms with E-state index in [0.717, 1.165) is 19.5 Å². The van der Waals surface area contributed by atoms with E-state index in [-0.39, 0.29) is 0 Å². The molecule has 118 valence electrons. The first kappa shape index (κ1) is 16.3. The van der Waals surface area contributed by atoms with Crippen LogP contribution in [0.15, 0.2) is 24.3 Å². The van der Waals surface area contributed by atoms with Crippen LogP contribution in [0.3, 0.4) is 0 Å². The van der Waals surface area contributed by atoms with Gasteiger partial charge in [0, 0.05) is 24.7 Å². The van der Waals surface area contributed by atoms with Crippen LogP contribution in [0.25, 0.3) is 0 Å². The normalized spacial score (nSPS) is 20.9. The Bertz CT molecular complexity index is 410. The molecule has 0 radical (unpaired) electrons. The first-order valence-corrected chi connectivity index (χ1v) is 8.40. The topological polar surface area (TPSA) is 35.5 Å². The maximum Gasteiger partial charge on any atom is 0.115 e. The molecule has 1 aliphatic rings. The Morgan fingerprint density at radius 3 is 2.48 bits per heavy atom. The molecule has 3 heteroatoms. The predicted molar refractivity (Wildman–Crippen MR) is 88.6 cm³/mol. The number of phenols is 1. The summed E-state index contributed by atoms with van der Waals surface area (Å²) in [5.41, 5.74) is 1.31. The maximum atomic E-state index is 9.50. The van der Waals surface area contributed by atoms with Crippen LogP contribution in [0.1, 0.15) is 58.1 Å². The Hall–Kier alpha value is -1.06. The van der Waals surface area contributed by atoms with E-state index in [0.29, 0.717) is 23.9 Å². The van der Waals surface area contributed by atoms with Gasteiger partial charge in [-0.2, -0.15) is 0 Å². The highest BCUT2D eigenvalue weighted by atomic mass is 16.3. The van der Waals surface area contributed by atoms with Crippen LogP contribution in [0.4, 0.5) is 0 Å². The van der Waals surface area contributed by atoms with Gasteiger partial charge in [-0.3, -0.25) is 4.90 Å². The fraction of sp³-hybridized carbons (Fsp3) is 0.667. The van der Waals surface area contributed by atoms with E-state index in [2.05, 4.69) is 43.1 Å². The minimum atomic E-state index is 0.346. The Morgan fingerprint density at radius 1 is 1.24 bits per heavy atom. The largest absolute Gasteiger partial charge is 0.508 e. The summed E-state index contributed by atoms with van der Waals surface area (Å²) >= 11 is 0. The third-order valence-electron chi connectivity index (χ3n) is 4.57. The molecule has 1 fully saturated rings. The number of nitrogens with one attached hydrogen (secondary N) is 1. The molecule has 21 heavy (non-hydrogen) atoms. The predicted octanol–water partition coefficient (Wildman–Crippen LogP) is 3.70. The van der Waals surface area contributed by atoms with E-state index in [1.165, 1.54) is 24.8 Å². The summed E-state index contributed by atoms with van der Waals surface area (Å²) in [4.78, 5) is 2.61. The molecule has 0 aromatic heterocycles. The summed E-state index contributed by atoms with van der Waals surface area (Å²) in [7, 11) is 0. The molecule has 0 aliphatic carbocycles. The molecule has 0 spiro atoms. The third-order valence-corrected chi connectivity index (χ3v) is 4.57. The lowest BCUT2D eigenvalue weighted by molar-refractivity contribution is 0.124. The van der Waals surface area contributed by atoms with Crippen molar-refractivity contribution >= 4 is 0 Å². The lowest BCUT2D eigenvalue weighted by Crippen LogP contribution is -2.47. The molecule has 2 rings (SSSR count). The van der Waals surface area contributed by atoms with Crippen LogP contribution in [0.2, 0.25) is 0 Å². The molecule has 1 aromatic carbocycles. The van der Waals surface area contributed by atoms with Crippen LogP contribution in [-0.2, 0) is 0 Å². The molecule has 3 nitrogen and oxygen atoms in total. The van der Waals surface area contributed by atoms with Crippen LogP contribution < -0.4 is 5.32 Å². The highest BCUT2D eigenvalue weighted by Gasteiger charge is 2.25. The summed E-state index contributed by atoms with van der Waals surface area (Å²) in [6.07, 6.45) is 5.04. The number of benzene rings is 1. The van der Waals surface area contributed by atoms with Gasteiger partial charge in [-0.15, -0.1) is 0 Å². The molecule has 2 N–H and O–H groups in total. The van der Waals surface area contributed by atoms with Gasteiger partial charge in [0.2, 0.25) is 0 Å². The molecular formula is C18H30N2O. The lowest BCUT2D eigenvalue weighted by Gasteiger charge is -2.38. The van der Waals surface area contributed by atoms with Crippen molar-refractivity contribution < 1.29 is 5.11 Å². The summed E-state index contributed by atoms with van der Waals surface area (Å²) < 4.78 is 0. The van der Waals surface area contributed by atoms with Crippen molar-refractivity contribution in [3.63, 3.8) is 0 Å². The van der Waals surface area contributed by atoms with Crippen molar-refractivity contribution in [2.75, 3.05) is 13.1 Å². The standard InChI is InChI=1S/C18H30N2O/c1-4-18(15-8-10-17(21)11-9-15)20(14(2)3)13-16-7-5-6-12-19-16/h8-11,14,16,18-19,21H,4-7,12-13H2,1-3H3. The van der Waals surface area contributed by atoms with Crippen LogP contribution in [-0.4, -0.2) is 35.2 Å². The highest BCUT2D eigenvalue weighted by Crippen LogP contribution is 2.28. The van der Waals surface area contributed by atoms with E-state index in [4.69, 9.17) is 0 Å². The number of aromatic hydroxyl groups is 1. The van der Waals surface area contributed by atoms with Crippen molar-refractivity contribution in [1.82, 2.24) is 10.2 Å². The SMILES string of the molecule is CCC(c1ccc(O)cc1)N(CC1CCCCN1)C(C)C. The van der Waals surface area contributed by atoms with E-state index < -0.39 is 0 Å². The van der Waals surface area contributed by atoms with E-state index >= 15 is 0 Å². The van der Waals surface area contributed by atoms with Crippen LogP contribution in [0.5, 0.6) is 5.75 Å². The molecule has 2 atom stereocenters.